The SMILES string of the molecule is COc1ccc(NC(=O)/C=C(\C)c2cc3c(-c4ccc(OC)c(OC)c4)coc3c(C)c2OC)cc1. The lowest BCUT2D eigenvalue weighted by Crippen LogP contribution is -2.08. The summed E-state index contributed by atoms with van der Waals surface area (Å²) < 4.78 is 27.7. The van der Waals surface area contributed by atoms with Gasteiger partial charge in [-0.15, -0.1) is 0 Å². The fourth-order valence-corrected chi connectivity index (χ4v) is 4.23. The van der Waals surface area contributed by atoms with E-state index < -0.39 is 0 Å². The van der Waals surface area contributed by atoms with E-state index in [0.717, 1.165) is 44.5 Å². The molecule has 0 aliphatic heterocycles. The molecule has 3 aromatic carbocycles. The normalized spacial score (nSPS) is 11.3. The summed E-state index contributed by atoms with van der Waals surface area (Å²) in [6.07, 6.45) is 3.28. The maximum Gasteiger partial charge on any atom is 0.248 e. The third-order valence-electron chi connectivity index (χ3n) is 6.07. The number of furan rings is 1. The van der Waals surface area contributed by atoms with Crippen LogP contribution in [0.4, 0.5) is 5.69 Å². The number of allylic oxidation sites excluding steroid dienone is 1. The van der Waals surface area contributed by atoms with Gasteiger partial charge in [0.15, 0.2) is 11.5 Å². The molecule has 36 heavy (non-hydrogen) atoms. The topological polar surface area (TPSA) is 79.2 Å². The summed E-state index contributed by atoms with van der Waals surface area (Å²) in [5, 5.41) is 3.78. The first-order chi connectivity index (χ1) is 17.4. The van der Waals surface area contributed by atoms with Crippen LogP contribution in [0.5, 0.6) is 23.0 Å². The van der Waals surface area contributed by atoms with E-state index in [1.807, 2.05) is 38.1 Å². The fourth-order valence-electron chi connectivity index (χ4n) is 4.23. The zero-order chi connectivity index (χ0) is 25.8. The molecule has 4 aromatic rings. The fraction of sp³-hybridized carbons (Fsp3) is 0.207. The molecule has 0 radical (unpaired) electrons. The van der Waals surface area contributed by atoms with Crippen LogP contribution in [0, 0.1) is 6.92 Å². The Balaban J connectivity index is 1.74. The Bertz CT molecular complexity index is 1430. The molecule has 1 aromatic heterocycles. The molecule has 0 atom stereocenters. The van der Waals surface area contributed by atoms with Crippen LogP contribution in [-0.4, -0.2) is 34.3 Å². The zero-order valence-electron chi connectivity index (χ0n) is 21.2. The summed E-state index contributed by atoms with van der Waals surface area (Å²) in [7, 11) is 6.42. The van der Waals surface area contributed by atoms with Gasteiger partial charge in [-0.3, -0.25) is 4.79 Å². The first kappa shape index (κ1) is 24.7. The second-order valence-electron chi connectivity index (χ2n) is 8.22. The van der Waals surface area contributed by atoms with Gasteiger partial charge in [0.2, 0.25) is 5.91 Å². The number of anilines is 1. The van der Waals surface area contributed by atoms with Gasteiger partial charge in [-0.25, -0.2) is 0 Å². The van der Waals surface area contributed by atoms with E-state index in [9.17, 15) is 4.79 Å². The first-order valence-electron chi connectivity index (χ1n) is 11.3. The Morgan fingerprint density at radius 3 is 2.25 bits per heavy atom. The highest BCUT2D eigenvalue weighted by molar-refractivity contribution is 6.06. The molecule has 0 aliphatic carbocycles. The molecule has 0 saturated carbocycles. The van der Waals surface area contributed by atoms with Gasteiger partial charge in [-0.1, -0.05) is 6.07 Å². The number of amides is 1. The summed E-state index contributed by atoms with van der Waals surface area (Å²) >= 11 is 0. The molecule has 0 spiro atoms. The lowest BCUT2D eigenvalue weighted by atomic mass is 9.96. The molecule has 0 fully saturated rings. The van der Waals surface area contributed by atoms with Gasteiger partial charge in [0, 0.05) is 33.8 Å². The van der Waals surface area contributed by atoms with E-state index in [4.69, 9.17) is 23.4 Å². The molecule has 0 bridgehead atoms. The lowest BCUT2D eigenvalue weighted by Gasteiger charge is -2.14. The van der Waals surface area contributed by atoms with Crippen molar-refractivity contribution in [2.45, 2.75) is 13.8 Å². The van der Waals surface area contributed by atoms with Crippen molar-refractivity contribution in [2.24, 2.45) is 0 Å². The van der Waals surface area contributed by atoms with Crippen molar-refractivity contribution >= 4 is 28.1 Å². The van der Waals surface area contributed by atoms with Gasteiger partial charge >= 0.3 is 0 Å². The van der Waals surface area contributed by atoms with E-state index >= 15 is 0 Å². The Morgan fingerprint density at radius 1 is 0.889 bits per heavy atom. The Labute approximate surface area is 210 Å². The van der Waals surface area contributed by atoms with E-state index in [1.165, 1.54) is 0 Å². The molecule has 0 aliphatic rings. The average molecular weight is 488 g/mol. The number of carbonyl (C=O) groups excluding carboxylic acids is 1. The predicted octanol–water partition coefficient (Wildman–Crippen LogP) is 6.48. The molecule has 186 valence electrons. The van der Waals surface area contributed by atoms with Crippen molar-refractivity contribution in [3.63, 3.8) is 0 Å². The van der Waals surface area contributed by atoms with Crippen molar-refractivity contribution in [1.29, 1.82) is 0 Å². The van der Waals surface area contributed by atoms with Crippen LogP contribution in [0.3, 0.4) is 0 Å². The van der Waals surface area contributed by atoms with Gasteiger partial charge in [0.25, 0.3) is 0 Å². The van der Waals surface area contributed by atoms with Crippen molar-refractivity contribution in [1.82, 2.24) is 0 Å². The summed E-state index contributed by atoms with van der Waals surface area (Å²) in [4.78, 5) is 12.8. The number of benzene rings is 3. The molecule has 7 nitrogen and oxygen atoms in total. The molecule has 4 rings (SSSR count). The number of carbonyl (C=O) groups is 1. The highest BCUT2D eigenvalue weighted by Gasteiger charge is 2.19. The monoisotopic (exact) mass is 487 g/mol. The van der Waals surface area contributed by atoms with Gasteiger partial charge in [0.1, 0.15) is 17.1 Å². The van der Waals surface area contributed by atoms with Crippen molar-refractivity contribution in [2.75, 3.05) is 33.8 Å². The molecule has 1 amide bonds. The zero-order valence-corrected chi connectivity index (χ0v) is 21.2. The number of fused-ring (bicyclic) bond motifs is 1. The predicted molar refractivity (Wildman–Crippen MR) is 141 cm³/mol. The number of hydrogen-bond acceptors (Lipinski definition) is 6. The minimum Gasteiger partial charge on any atom is -0.497 e. The van der Waals surface area contributed by atoms with E-state index in [0.29, 0.717) is 22.9 Å². The second kappa shape index (κ2) is 10.5. The smallest absolute Gasteiger partial charge is 0.248 e. The standard InChI is InChI=1S/C29H29NO6/c1-17(13-27(31)30-20-8-10-21(32-3)11-9-20)22-15-23-24(16-36-29(23)18(2)28(22)35-6)19-7-12-25(33-4)26(14-19)34-5/h7-16H,1-6H3,(H,30,31)/b17-13+. The van der Waals surface area contributed by atoms with Crippen molar-refractivity contribution in [3.05, 3.63) is 72.0 Å². The summed E-state index contributed by atoms with van der Waals surface area (Å²) in [6, 6.07) is 14.9. The minimum absolute atomic E-state index is 0.246. The summed E-state index contributed by atoms with van der Waals surface area (Å²) in [6.45, 7) is 3.82. The van der Waals surface area contributed by atoms with Crippen LogP contribution in [0.15, 0.2) is 65.3 Å². The number of ether oxygens (including phenoxy) is 4. The number of hydrogen-bond donors (Lipinski definition) is 1. The Kier molecular flexibility index (Phi) is 7.20. The van der Waals surface area contributed by atoms with E-state index in [2.05, 4.69) is 5.32 Å². The van der Waals surface area contributed by atoms with Crippen LogP contribution in [0.25, 0.3) is 27.7 Å². The quantitative estimate of drug-likeness (QED) is 0.286. The number of nitrogens with one attached hydrogen (secondary N) is 1. The number of methoxy groups -OCH3 is 4. The molecule has 1 N–H and O–H groups in total. The Morgan fingerprint density at radius 2 is 1.61 bits per heavy atom. The van der Waals surface area contributed by atoms with E-state index in [-0.39, 0.29) is 5.91 Å². The second-order valence-corrected chi connectivity index (χ2v) is 8.22. The minimum atomic E-state index is -0.246. The summed E-state index contributed by atoms with van der Waals surface area (Å²) in [5.74, 6) is 2.40. The van der Waals surface area contributed by atoms with Gasteiger partial charge in [-0.05, 0) is 67.4 Å². The van der Waals surface area contributed by atoms with Gasteiger partial charge in [0.05, 0.1) is 34.7 Å². The first-order valence-corrected chi connectivity index (χ1v) is 11.3. The number of rotatable bonds is 8. The highest BCUT2D eigenvalue weighted by atomic mass is 16.5. The van der Waals surface area contributed by atoms with Crippen molar-refractivity contribution in [3.8, 4) is 34.1 Å². The van der Waals surface area contributed by atoms with Crippen LogP contribution in [0.1, 0.15) is 18.1 Å². The molecule has 1 heterocycles. The van der Waals surface area contributed by atoms with Crippen LogP contribution < -0.4 is 24.3 Å². The largest absolute Gasteiger partial charge is 0.497 e. The van der Waals surface area contributed by atoms with Crippen molar-refractivity contribution < 1.29 is 28.2 Å². The molecular weight excluding hydrogens is 458 g/mol. The molecular formula is C29H29NO6. The third-order valence-corrected chi connectivity index (χ3v) is 6.07. The van der Waals surface area contributed by atoms with Gasteiger partial charge in [-0.2, -0.15) is 0 Å². The molecule has 0 unspecified atom stereocenters. The highest BCUT2D eigenvalue weighted by Crippen LogP contribution is 2.42. The molecule has 7 heteroatoms. The number of aryl methyl sites for hydroxylation is 1. The maximum atomic E-state index is 12.8. The summed E-state index contributed by atoms with van der Waals surface area (Å²) in [5.41, 5.74) is 5.61. The van der Waals surface area contributed by atoms with E-state index in [1.54, 1.807) is 65.0 Å². The average Bonchev–Trinajstić information content (AvgIpc) is 3.33. The van der Waals surface area contributed by atoms with Crippen LogP contribution in [-0.2, 0) is 4.79 Å². The van der Waals surface area contributed by atoms with Crippen LogP contribution in [0.2, 0.25) is 0 Å². The van der Waals surface area contributed by atoms with Gasteiger partial charge < -0.3 is 28.7 Å². The van der Waals surface area contributed by atoms with Crippen LogP contribution >= 0.6 is 0 Å². The third kappa shape index (κ3) is 4.73. The maximum absolute atomic E-state index is 12.8. The lowest BCUT2D eigenvalue weighted by molar-refractivity contribution is -0.111. The molecule has 0 saturated heterocycles. The Hall–Kier alpha value is -4.39.